The fourth-order valence-electron chi connectivity index (χ4n) is 2.07. The molecular weight excluding hydrogens is 324 g/mol. The topological polar surface area (TPSA) is 66.5 Å². The standard InChI is InChI=1S/C15H23ClN2O3S/c1-4-10-17-15(19)9-6-11-18(22(3,20)21)14-8-5-7-13(16)12(14)2/h5,7-8H,4,6,9-11H2,1-3H3,(H,17,19). The van der Waals surface area contributed by atoms with Gasteiger partial charge in [-0.2, -0.15) is 0 Å². The van der Waals surface area contributed by atoms with Crippen molar-refractivity contribution in [2.24, 2.45) is 0 Å². The summed E-state index contributed by atoms with van der Waals surface area (Å²) >= 11 is 6.06. The van der Waals surface area contributed by atoms with Gasteiger partial charge in [-0.1, -0.05) is 24.6 Å². The van der Waals surface area contributed by atoms with Gasteiger partial charge in [0.25, 0.3) is 0 Å². The van der Waals surface area contributed by atoms with Crippen molar-refractivity contribution in [1.82, 2.24) is 5.32 Å². The van der Waals surface area contributed by atoms with Crippen molar-refractivity contribution >= 4 is 33.2 Å². The summed E-state index contributed by atoms with van der Waals surface area (Å²) in [5.74, 6) is -0.0573. The summed E-state index contributed by atoms with van der Waals surface area (Å²) in [4.78, 5) is 11.6. The summed E-state index contributed by atoms with van der Waals surface area (Å²) in [5.41, 5.74) is 1.27. The third-order valence-corrected chi connectivity index (χ3v) is 4.83. The van der Waals surface area contributed by atoms with Crippen LogP contribution in [0.4, 0.5) is 5.69 Å². The third-order valence-electron chi connectivity index (χ3n) is 3.25. The van der Waals surface area contributed by atoms with Crippen LogP contribution in [-0.2, 0) is 14.8 Å². The third kappa shape index (κ3) is 5.50. The van der Waals surface area contributed by atoms with Crippen LogP contribution in [0.15, 0.2) is 18.2 Å². The second-order valence-electron chi connectivity index (χ2n) is 5.17. The molecule has 0 bridgehead atoms. The molecule has 124 valence electrons. The molecule has 1 amide bonds. The monoisotopic (exact) mass is 346 g/mol. The molecule has 0 aliphatic heterocycles. The lowest BCUT2D eigenvalue weighted by Crippen LogP contribution is -2.32. The molecule has 0 radical (unpaired) electrons. The molecule has 7 heteroatoms. The lowest BCUT2D eigenvalue weighted by atomic mass is 10.2. The zero-order valence-corrected chi connectivity index (χ0v) is 14.8. The van der Waals surface area contributed by atoms with E-state index in [0.29, 0.717) is 35.7 Å². The SMILES string of the molecule is CCCNC(=O)CCCN(c1cccc(Cl)c1C)S(C)(=O)=O. The fourth-order valence-corrected chi connectivity index (χ4v) is 3.25. The molecule has 0 saturated carbocycles. The van der Waals surface area contributed by atoms with Crippen molar-refractivity contribution in [2.75, 3.05) is 23.7 Å². The van der Waals surface area contributed by atoms with E-state index in [1.807, 2.05) is 6.92 Å². The van der Waals surface area contributed by atoms with E-state index < -0.39 is 10.0 Å². The minimum atomic E-state index is -3.43. The molecule has 1 N–H and O–H groups in total. The first-order chi connectivity index (χ1) is 10.3. The minimum absolute atomic E-state index is 0.0573. The number of hydrogen-bond acceptors (Lipinski definition) is 3. The van der Waals surface area contributed by atoms with Crippen LogP contribution in [0.3, 0.4) is 0 Å². The minimum Gasteiger partial charge on any atom is -0.356 e. The first kappa shape index (κ1) is 18.8. The van der Waals surface area contributed by atoms with Gasteiger partial charge >= 0.3 is 0 Å². The Bertz CT molecular complexity index is 617. The van der Waals surface area contributed by atoms with E-state index in [9.17, 15) is 13.2 Å². The molecule has 0 spiro atoms. The van der Waals surface area contributed by atoms with Crippen LogP contribution in [0.1, 0.15) is 31.7 Å². The lowest BCUT2D eigenvalue weighted by Gasteiger charge is -2.24. The van der Waals surface area contributed by atoms with E-state index in [1.165, 1.54) is 4.31 Å². The number of nitrogens with one attached hydrogen (secondary N) is 1. The van der Waals surface area contributed by atoms with Crippen molar-refractivity contribution in [2.45, 2.75) is 33.1 Å². The number of anilines is 1. The summed E-state index contributed by atoms with van der Waals surface area (Å²) in [6, 6.07) is 5.16. The molecule has 0 atom stereocenters. The molecule has 22 heavy (non-hydrogen) atoms. The summed E-state index contributed by atoms with van der Waals surface area (Å²) < 4.78 is 25.4. The van der Waals surface area contributed by atoms with Gasteiger partial charge in [-0.05, 0) is 37.5 Å². The number of nitrogens with zero attached hydrogens (tertiary/aromatic N) is 1. The number of hydrogen-bond donors (Lipinski definition) is 1. The van der Waals surface area contributed by atoms with Gasteiger partial charge in [0, 0.05) is 24.5 Å². The van der Waals surface area contributed by atoms with Gasteiger partial charge in [0.15, 0.2) is 0 Å². The molecular formula is C15H23ClN2O3S. The first-order valence-electron chi connectivity index (χ1n) is 7.27. The van der Waals surface area contributed by atoms with Crippen LogP contribution in [0.2, 0.25) is 5.02 Å². The van der Waals surface area contributed by atoms with Crippen LogP contribution < -0.4 is 9.62 Å². The van der Waals surface area contributed by atoms with E-state index in [4.69, 9.17) is 11.6 Å². The predicted molar refractivity (Wildman–Crippen MR) is 90.9 cm³/mol. The fraction of sp³-hybridized carbons (Fsp3) is 0.533. The van der Waals surface area contributed by atoms with E-state index >= 15 is 0 Å². The van der Waals surface area contributed by atoms with Crippen LogP contribution in [0, 0.1) is 6.92 Å². The second kappa shape index (κ2) is 8.39. The number of sulfonamides is 1. The van der Waals surface area contributed by atoms with Gasteiger partial charge in [0.2, 0.25) is 15.9 Å². The quantitative estimate of drug-likeness (QED) is 0.787. The highest BCUT2D eigenvalue weighted by Gasteiger charge is 2.20. The smallest absolute Gasteiger partial charge is 0.232 e. The van der Waals surface area contributed by atoms with Gasteiger partial charge in [-0.3, -0.25) is 9.10 Å². The molecule has 0 aliphatic carbocycles. The lowest BCUT2D eigenvalue weighted by molar-refractivity contribution is -0.121. The van der Waals surface area contributed by atoms with Crippen molar-refractivity contribution in [3.63, 3.8) is 0 Å². The largest absolute Gasteiger partial charge is 0.356 e. The Labute approximate surface area is 137 Å². The molecule has 0 fully saturated rings. The summed E-state index contributed by atoms with van der Waals surface area (Å²) in [6.45, 7) is 4.65. The summed E-state index contributed by atoms with van der Waals surface area (Å²) in [6.07, 6.45) is 2.79. The zero-order chi connectivity index (χ0) is 16.8. The second-order valence-corrected chi connectivity index (χ2v) is 7.49. The number of benzene rings is 1. The summed E-state index contributed by atoms with van der Waals surface area (Å²) in [7, 11) is -3.43. The van der Waals surface area contributed by atoms with Crippen LogP contribution in [0.5, 0.6) is 0 Å². The Hall–Kier alpha value is -1.27. The highest BCUT2D eigenvalue weighted by atomic mass is 35.5. The molecule has 0 saturated heterocycles. The highest BCUT2D eigenvalue weighted by Crippen LogP contribution is 2.28. The summed E-state index contributed by atoms with van der Waals surface area (Å²) in [5, 5.41) is 3.30. The Balaban J connectivity index is 2.80. The van der Waals surface area contributed by atoms with Crippen molar-refractivity contribution in [3.8, 4) is 0 Å². The molecule has 1 aromatic rings. The maximum Gasteiger partial charge on any atom is 0.232 e. The number of carbonyl (C=O) groups excluding carboxylic acids is 1. The number of amides is 1. The van der Waals surface area contributed by atoms with Gasteiger partial charge in [-0.15, -0.1) is 0 Å². The van der Waals surface area contributed by atoms with Crippen LogP contribution in [-0.4, -0.2) is 33.7 Å². The van der Waals surface area contributed by atoms with E-state index in [0.717, 1.165) is 12.7 Å². The van der Waals surface area contributed by atoms with Crippen LogP contribution in [0.25, 0.3) is 0 Å². The average molecular weight is 347 g/mol. The van der Waals surface area contributed by atoms with Gasteiger partial charge < -0.3 is 5.32 Å². The van der Waals surface area contributed by atoms with Gasteiger partial charge in [0.1, 0.15) is 0 Å². The molecule has 1 rings (SSSR count). The molecule has 0 heterocycles. The van der Waals surface area contributed by atoms with Gasteiger partial charge in [0.05, 0.1) is 11.9 Å². The highest BCUT2D eigenvalue weighted by molar-refractivity contribution is 7.92. The van der Waals surface area contributed by atoms with Gasteiger partial charge in [-0.25, -0.2) is 8.42 Å². The van der Waals surface area contributed by atoms with E-state index in [2.05, 4.69) is 5.32 Å². The predicted octanol–water partition coefficient (Wildman–Crippen LogP) is 2.72. The molecule has 0 unspecified atom stereocenters. The van der Waals surface area contributed by atoms with Crippen molar-refractivity contribution in [3.05, 3.63) is 28.8 Å². The molecule has 1 aromatic carbocycles. The molecule has 0 aromatic heterocycles. The number of halogens is 1. The Kier molecular flexibility index (Phi) is 7.16. The van der Waals surface area contributed by atoms with Crippen molar-refractivity contribution in [1.29, 1.82) is 0 Å². The Morgan fingerprint density at radius 2 is 2.05 bits per heavy atom. The van der Waals surface area contributed by atoms with E-state index in [-0.39, 0.29) is 12.5 Å². The average Bonchev–Trinajstić information content (AvgIpc) is 2.43. The molecule has 5 nitrogen and oxygen atoms in total. The number of rotatable bonds is 8. The molecule has 0 aliphatic rings. The number of carbonyl (C=O) groups is 1. The maximum atomic E-state index is 12.0. The Morgan fingerprint density at radius 1 is 1.36 bits per heavy atom. The normalized spacial score (nSPS) is 11.3. The maximum absolute atomic E-state index is 12.0. The van der Waals surface area contributed by atoms with Crippen molar-refractivity contribution < 1.29 is 13.2 Å². The first-order valence-corrected chi connectivity index (χ1v) is 9.49. The Morgan fingerprint density at radius 3 is 2.64 bits per heavy atom. The van der Waals surface area contributed by atoms with Crippen LogP contribution >= 0.6 is 11.6 Å². The zero-order valence-electron chi connectivity index (χ0n) is 13.2. The van der Waals surface area contributed by atoms with E-state index in [1.54, 1.807) is 25.1 Å².